The lowest BCUT2D eigenvalue weighted by molar-refractivity contribution is -0.145. The van der Waals surface area contributed by atoms with E-state index in [9.17, 15) is 14.0 Å². The number of ether oxygens (including phenoxy) is 1. The molecule has 2 aliphatic rings. The number of carbonyl (C=O) groups is 2. The van der Waals surface area contributed by atoms with Crippen molar-refractivity contribution in [3.05, 3.63) is 24.0 Å². The zero-order valence-corrected chi connectivity index (χ0v) is 12.9. The van der Waals surface area contributed by atoms with E-state index in [1.54, 1.807) is 22.7 Å². The van der Waals surface area contributed by atoms with Crippen molar-refractivity contribution >= 4 is 29.3 Å². The largest absolute Gasteiger partial charge is 0.370 e. The van der Waals surface area contributed by atoms with Gasteiger partial charge in [0.1, 0.15) is 19.0 Å². The molecular formula is C15H17FN2O3S. The first-order valence-corrected chi connectivity index (χ1v) is 8.22. The summed E-state index contributed by atoms with van der Waals surface area (Å²) in [6.45, 7) is 1.45. The maximum atomic E-state index is 13.6. The van der Waals surface area contributed by atoms with Crippen LogP contribution in [0.1, 0.15) is 6.42 Å². The summed E-state index contributed by atoms with van der Waals surface area (Å²) < 4.78 is 18.6. The second kappa shape index (κ2) is 6.66. The van der Waals surface area contributed by atoms with Crippen LogP contribution >= 0.6 is 11.8 Å². The summed E-state index contributed by atoms with van der Waals surface area (Å²) in [5.41, 5.74) is 0.605. The molecule has 0 aliphatic carbocycles. The normalized spacial score (nSPS) is 18.9. The number of benzene rings is 1. The topological polar surface area (TPSA) is 49.9 Å². The van der Waals surface area contributed by atoms with Gasteiger partial charge >= 0.3 is 0 Å². The maximum absolute atomic E-state index is 13.6. The lowest BCUT2D eigenvalue weighted by Crippen LogP contribution is -2.48. The van der Waals surface area contributed by atoms with Crippen molar-refractivity contribution in [2.45, 2.75) is 11.3 Å². The van der Waals surface area contributed by atoms with Gasteiger partial charge in [0.05, 0.1) is 12.3 Å². The lowest BCUT2D eigenvalue weighted by Gasteiger charge is -2.29. The average molecular weight is 324 g/mol. The fourth-order valence-corrected chi connectivity index (χ4v) is 3.55. The number of carbonyl (C=O) groups excluding carboxylic acids is 2. The zero-order chi connectivity index (χ0) is 15.5. The highest BCUT2D eigenvalue weighted by Gasteiger charge is 2.27. The Kier molecular flexibility index (Phi) is 4.63. The first-order chi connectivity index (χ1) is 10.6. The Bertz CT molecular complexity index is 596. The fourth-order valence-electron chi connectivity index (χ4n) is 2.57. The van der Waals surface area contributed by atoms with Crippen molar-refractivity contribution < 1.29 is 18.7 Å². The Morgan fingerprint density at radius 3 is 3.05 bits per heavy atom. The number of hydrogen-bond donors (Lipinski definition) is 0. The quantitative estimate of drug-likeness (QED) is 0.827. The summed E-state index contributed by atoms with van der Waals surface area (Å²) in [6.07, 6.45) is 0.837. The van der Waals surface area contributed by atoms with E-state index in [4.69, 9.17) is 4.74 Å². The second-order valence-electron chi connectivity index (χ2n) is 5.23. The Labute approximate surface area is 132 Å². The molecule has 0 spiro atoms. The molecule has 1 fully saturated rings. The molecule has 1 aromatic carbocycles. The molecule has 0 aromatic heterocycles. The number of thioether (sulfide) groups is 1. The summed E-state index contributed by atoms with van der Waals surface area (Å²) in [6, 6.07) is 4.51. The van der Waals surface area contributed by atoms with Gasteiger partial charge in [0.2, 0.25) is 11.8 Å². The van der Waals surface area contributed by atoms with Gasteiger partial charge in [0.15, 0.2) is 0 Å². The van der Waals surface area contributed by atoms with Gasteiger partial charge in [0, 0.05) is 18.0 Å². The number of morpholine rings is 1. The first-order valence-electron chi connectivity index (χ1n) is 7.23. The lowest BCUT2D eigenvalue weighted by atomic mass is 10.2. The highest BCUT2D eigenvalue weighted by Crippen LogP contribution is 2.34. The monoisotopic (exact) mass is 324 g/mol. The SMILES string of the molecule is O=C1COCCN1CC(=O)N1CCCSc2ccc(F)cc21. The maximum Gasteiger partial charge on any atom is 0.249 e. The fraction of sp³-hybridized carbons (Fsp3) is 0.467. The van der Waals surface area contributed by atoms with Gasteiger partial charge in [-0.3, -0.25) is 9.59 Å². The van der Waals surface area contributed by atoms with Crippen LogP contribution in [0.15, 0.2) is 23.1 Å². The minimum absolute atomic E-state index is 0.0167. The van der Waals surface area contributed by atoms with Gasteiger partial charge in [-0.05, 0) is 30.4 Å². The standard InChI is InChI=1S/C15H17FN2O3S/c16-11-2-3-13-12(8-11)18(4-1-7-22-13)14(19)9-17-5-6-21-10-15(17)20/h2-3,8H,1,4-7,9-10H2. The van der Waals surface area contributed by atoms with E-state index < -0.39 is 0 Å². The van der Waals surface area contributed by atoms with Gasteiger partial charge in [-0.25, -0.2) is 4.39 Å². The summed E-state index contributed by atoms with van der Waals surface area (Å²) in [5.74, 6) is 0.174. The molecule has 2 heterocycles. The molecular weight excluding hydrogens is 307 g/mol. The van der Waals surface area contributed by atoms with Crippen LogP contribution in [0.3, 0.4) is 0 Å². The van der Waals surface area contributed by atoms with Crippen LogP contribution in [0.25, 0.3) is 0 Å². The van der Waals surface area contributed by atoms with E-state index in [0.717, 1.165) is 17.1 Å². The Balaban J connectivity index is 1.80. The molecule has 3 rings (SSSR count). The highest BCUT2D eigenvalue weighted by atomic mass is 32.2. The molecule has 0 bridgehead atoms. The van der Waals surface area contributed by atoms with E-state index in [-0.39, 0.29) is 30.8 Å². The van der Waals surface area contributed by atoms with Crippen LogP contribution in [0.5, 0.6) is 0 Å². The summed E-state index contributed by atoms with van der Waals surface area (Å²) in [7, 11) is 0. The van der Waals surface area contributed by atoms with Crippen molar-refractivity contribution in [1.29, 1.82) is 0 Å². The van der Waals surface area contributed by atoms with Crippen LogP contribution in [-0.4, -0.2) is 55.3 Å². The Morgan fingerprint density at radius 1 is 1.36 bits per heavy atom. The molecule has 1 saturated heterocycles. The molecule has 7 heteroatoms. The molecule has 0 N–H and O–H groups in total. The van der Waals surface area contributed by atoms with E-state index in [1.165, 1.54) is 17.0 Å². The summed E-state index contributed by atoms with van der Waals surface area (Å²) >= 11 is 1.62. The van der Waals surface area contributed by atoms with Crippen molar-refractivity contribution in [3.8, 4) is 0 Å². The second-order valence-corrected chi connectivity index (χ2v) is 6.36. The van der Waals surface area contributed by atoms with Crippen LogP contribution < -0.4 is 4.90 Å². The number of anilines is 1. The van der Waals surface area contributed by atoms with Crippen molar-refractivity contribution in [3.63, 3.8) is 0 Å². The van der Waals surface area contributed by atoms with Gasteiger partial charge in [-0.15, -0.1) is 11.8 Å². The zero-order valence-electron chi connectivity index (χ0n) is 12.1. The highest BCUT2D eigenvalue weighted by molar-refractivity contribution is 7.99. The third-order valence-electron chi connectivity index (χ3n) is 3.71. The molecule has 0 saturated carbocycles. The Morgan fingerprint density at radius 2 is 2.23 bits per heavy atom. The molecule has 1 aromatic rings. The van der Waals surface area contributed by atoms with E-state index >= 15 is 0 Å². The predicted molar refractivity (Wildman–Crippen MR) is 81.5 cm³/mol. The molecule has 2 amide bonds. The minimum atomic E-state index is -0.360. The summed E-state index contributed by atoms with van der Waals surface area (Å²) in [5, 5.41) is 0. The molecule has 5 nitrogen and oxygen atoms in total. The van der Waals surface area contributed by atoms with E-state index in [2.05, 4.69) is 0 Å². The smallest absolute Gasteiger partial charge is 0.249 e. The van der Waals surface area contributed by atoms with E-state index in [1.807, 2.05) is 0 Å². The number of amides is 2. The van der Waals surface area contributed by atoms with E-state index in [0.29, 0.717) is 25.4 Å². The van der Waals surface area contributed by atoms with Gasteiger partial charge in [0.25, 0.3) is 0 Å². The molecule has 0 unspecified atom stereocenters. The average Bonchev–Trinajstić information content (AvgIpc) is 2.71. The number of fused-ring (bicyclic) bond motifs is 1. The third kappa shape index (κ3) is 3.25. The molecule has 118 valence electrons. The van der Waals surface area contributed by atoms with Crippen LogP contribution in [0.4, 0.5) is 10.1 Å². The first kappa shape index (κ1) is 15.3. The van der Waals surface area contributed by atoms with Gasteiger partial charge in [-0.2, -0.15) is 0 Å². The molecule has 0 atom stereocenters. The van der Waals surface area contributed by atoms with Crippen molar-refractivity contribution in [2.75, 3.05) is 43.5 Å². The number of nitrogens with zero attached hydrogens (tertiary/aromatic N) is 2. The summed E-state index contributed by atoms with van der Waals surface area (Å²) in [4.78, 5) is 28.3. The van der Waals surface area contributed by atoms with Crippen LogP contribution in [0, 0.1) is 5.82 Å². The van der Waals surface area contributed by atoms with Crippen LogP contribution in [-0.2, 0) is 14.3 Å². The van der Waals surface area contributed by atoms with Gasteiger partial charge in [-0.1, -0.05) is 0 Å². The minimum Gasteiger partial charge on any atom is -0.370 e. The molecule has 2 aliphatic heterocycles. The van der Waals surface area contributed by atoms with Crippen molar-refractivity contribution in [2.24, 2.45) is 0 Å². The van der Waals surface area contributed by atoms with Crippen molar-refractivity contribution in [1.82, 2.24) is 4.90 Å². The molecule has 22 heavy (non-hydrogen) atoms. The number of rotatable bonds is 2. The Hall–Kier alpha value is -1.60. The predicted octanol–water partition coefficient (Wildman–Crippen LogP) is 1.51. The number of hydrogen-bond acceptors (Lipinski definition) is 4. The van der Waals surface area contributed by atoms with Gasteiger partial charge < -0.3 is 14.5 Å². The molecule has 0 radical (unpaired) electrons. The third-order valence-corrected chi connectivity index (χ3v) is 4.86. The van der Waals surface area contributed by atoms with Crippen LogP contribution in [0.2, 0.25) is 0 Å². The number of halogens is 1.